The number of ether oxygens (including phenoxy) is 2. The summed E-state index contributed by atoms with van der Waals surface area (Å²) < 4.78 is 15.7. The van der Waals surface area contributed by atoms with Crippen LogP contribution in [0.2, 0.25) is 0 Å². The van der Waals surface area contributed by atoms with Crippen molar-refractivity contribution in [3.8, 4) is 5.88 Å². The average Bonchev–Trinajstić information content (AvgIpc) is 2.99. The Bertz CT molecular complexity index is 570. The summed E-state index contributed by atoms with van der Waals surface area (Å²) in [6, 6.07) is 4.35. The Morgan fingerprint density at radius 3 is 2.78 bits per heavy atom. The number of nitrogens with zero attached hydrogens (tertiary/aromatic N) is 2. The molecule has 0 bridgehead atoms. The first-order chi connectivity index (χ1) is 8.61. The summed E-state index contributed by atoms with van der Waals surface area (Å²) in [5.74, 6) is -1.09. The van der Waals surface area contributed by atoms with E-state index in [1.54, 1.807) is 6.07 Å². The number of hydrogen-bond donors (Lipinski definition) is 0. The van der Waals surface area contributed by atoms with Gasteiger partial charge in [-0.05, 0) is 12.1 Å². The lowest BCUT2D eigenvalue weighted by Gasteiger charge is -2.00. The van der Waals surface area contributed by atoms with Crippen LogP contribution in [-0.2, 0) is 11.8 Å². The molecule has 0 spiro atoms. The summed E-state index contributed by atoms with van der Waals surface area (Å²) in [7, 11) is 2.78. The van der Waals surface area contributed by atoms with Crippen molar-refractivity contribution in [3.63, 3.8) is 0 Å². The SMILES string of the molecule is COC(=O)c1cc(OC(=O)c2ccco2)n(C)n1. The van der Waals surface area contributed by atoms with E-state index in [0.29, 0.717) is 0 Å². The summed E-state index contributed by atoms with van der Waals surface area (Å²) >= 11 is 0. The third-order valence-electron chi connectivity index (χ3n) is 2.15. The van der Waals surface area contributed by atoms with Crippen molar-refractivity contribution in [2.75, 3.05) is 7.11 Å². The Morgan fingerprint density at radius 2 is 2.17 bits per heavy atom. The minimum absolute atomic E-state index is 0.0576. The third kappa shape index (κ3) is 2.24. The quantitative estimate of drug-likeness (QED) is 0.756. The van der Waals surface area contributed by atoms with Gasteiger partial charge in [0.15, 0.2) is 5.69 Å². The van der Waals surface area contributed by atoms with Gasteiger partial charge in [-0.25, -0.2) is 14.3 Å². The van der Waals surface area contributed by atoms with Crippen LogP contribution in [0.4, 0.5) is 0 Å². The Kier molecular flexibility index (Phi) is 3.13. The molecule has 18 heavy (non-hydrogen) atoms. The van der Waals surface area contributed by atoms with Crippen LogP contribution in [-0.4, -0.2) is 28.8 Å². The van der Waals surface area contributed by atoms with E-state index in [9.17, 15) is 9.59 Å². The lowest BCUT2D eigenvalue weighted by Crippen LogP contribution is -2.10. The van der Waals surface area contributed by atoms with E-state index in [1.165, 1.54) is 37.2 Å². The second-order valence-corrected chi connectivity index (χ2v) is 3.35. The monoisotopic (exact) mass is 250 g/mol. The molecule has 2 rings (SSSR count). The molecule has 2 aromatic rings. The lowest BCUT2D eigenvalue weighted by molar-refractivity contribution is 0.0592. The average molecular weight is 250 g/mol. The number of furan rings is 1. The van der Waals surface area contributed by atoms with Gasteiger partial charge in [0.25, 0.3) is 0 Å². The first-order valence-corrected chi connectivity index (χ1v) is 5.00. The van der Waals surface area contributed by atoms with Crippen LogP contribution >= 0.6 is 0 Å². The molecule has 0 aliphatic heterocycles. The van der Waals surface area contributed by atoms with Crippen LogP contribution in [0.25, 0.3) is 0 Å². The van der Waals surface area contributed by atoms with Gasteiger partial charge in [0.1, 0.15) is 0 Å². The van der Waals surface area contributed by atoms with E-state index >= 15 is 0 Å². The summed E-state index contributed by atoms with van der Waals surface area (Å²) in [4.78, 5) is 22.8. The van der Waals surface area contributed by atoms with Crippen molar-refractivity contribution in [1.82, 2.24) is 9.78 Å². The highest BCUT2D eigenvalue weighted by molar-refractivity contribution is 5.89. The standard InChI is InChI=1S/C11H10N2O5/c1-13-9(6-7(12-13)10(14)16-2)18-11(15)8-4-3-5-17-8/h3-6H,1-2H3. The van der Waals surface area contributed by atoms with Crippen molar-refractivity contribution in [2.24, 2.45) is 7.05 Å². The Hall–Kier alpha value is -2.57. The van der Waals surface area contributed by atoms with Crippen molar-refractivity contribution in [2.45, 2.75) is 0 Å². The fourth-order valence-corrected chi connectivity index (χ4v) is 1.29. The van der Waals surface area contributed by atoms with Crippen LogP contribution < -0.4 is 4.74 Å². The molecule has 0 saturated carbocycles. The van der Waals surface area contributed by atoms with E-state index in [-0.39, 0.29) is 17.3 Å². The molecular formula is C11H10N2O5. The van der Waals surface area contributed by atoms with E-state index in [1.807, 2.05) is 0 Å². The fraction of sp³-hybridized carbons (Fsp3) is 0.182. The number of aromatic nitrogens is 2. The maximum atomic E-state index is 11.6. The molecule has 2 heterocycles. The molecule has 0 aromatic carbocycles. The predicted octanol–water partition coefficient (Wildman–Crippen LogP) is 1.02. The number of methoxy groups -OCH3 is 1. The lowest BCUT2D eigenvalue weighted by atomic mass is 10.4. The Morgan fingerprint density at radius 1 is 1.39 bits per heavy atom. The molecule has 0 saturated heterocycles. The summed E-state index contributed by atoms with van der Waals surface area (Å²) in [6.07, 6.45) is 1.36. The summed E-state index contributed by atoms with van der Waals surface area (Å²) in [5, 5.41) is 3.85. The molecule has 0 N–H and O–H groups in total. The molecule has 0 aliphatic rings. The molecule has 0 amide bonds. The number of carbonyl (C=O) groups is 2. The Balaban J connectivity index is 2.17. The van der Waals surface area contributed by atoms with Crippen molar-refractivity contribution >= 4 is 11.9 Å². The van der Waals surface area contributed by atoms with Crippen molar-refractivity contribution in [1.29, 1.82) is 0 Å². The molecule has 2 aromatic heterocycles. The van der Waals surface area contributed by atoms with Gasteiger partial charge in [0, 0.05) is 13.1 Å². The first kappa shape index (κ1) is 11.9. The number of carbonyl (C=O) groups excluding carboxylic acids is 2. The molecule has 7 nitrogen and oxygen atoms in total. The number of esters is 2. The second kappa shape index (κ2) is 4.74. The third-order valence-corrected chi connectivity index (χ3v) is 2.15. The predicted molar refractivity (Wildman–Crippen MR) is 58.2 cm³/mol. The molecule has 0 unspecified atom stereocenters. The van der Waals surface area contributed by atoms with Gasteiger partial charge in [0.2, 0.25) is 11.6 Å². The number of hydrogen-bond acceptors (Lipinski definition) is 6. The van der Waals surface area contributed by atoms with Gasteiger partial charge in [-0.3, -0.25) is 0 Å². The maximum absolute atomic E-state index is 11.6. The Labute approximate surface area is 102 Å². The highest BCUT2D eigenvalue weighted by Crippen LogP contribution is 2.15. The van der Waals surface area contributed by atoms with Gasteiger partial charge in [-0.2, -0.15) is 5.10 Å². The molecule has 0 fully saturated rings. The molecule has 7 heteroatoms. The van der Waals surface area contributed by atoms with E-state index in [2.05, 4.69) is 9.84 Å². The van der Waals surface area contributed by atoms with Crippen LogP contribution in [0, 0.1) is 0 Å². The van der Waals surface area contributed by atoms with Crippen LogP contribution in [0.15, 0.2) is 28.9 Å². The molecule has 0 atom stereocenters. The largest absolute Gasteiger partial charge is 0.464 e. The molecule has 94 valence electrons. The van der Waals surface area contributed by atoms with E-state index in [0.717, 1.165) is 0 Å². The minimum Gasteiger partial charge on any atom is -0.464 e. The van der Waals surface area contributed by atoms with E-state index in [4.69, 9.17) is 9.15 Å². The van der Waals surface area contributed by atoms with Crippen molar-refractivity contribution < 1.29 is 23.5 Å². The van der Waals surface area contributed by atoms with Gasteiger partial charge in [0.05, 0.1) is 13.4 Å². The zero-order valence-corrected chi connectivity index (χ0v) is 9.75. The van der Waals surface area contributed by atoms with Gasteiger partial charge < -0.3 is 13.9 Å². The second-order valence-electron chi connectivity index (χ2n) is 3.35. The van der Waals surface area contributed by atoms with Gasteiger partial charge in [-0.1, -0.05) is 0 Å². The number of rotatable bonds is 3. The maximum Gasteiger partial charge on any atom is 0.380 e. The molecule has 0 aliphatic carbocycles. The summed E-state index contributed by atoms with van der Waals surface area (Å²) in [6.45, 7) is 0. The number of aryl methyl sites for hydroxylation is 1. The molecule has 0 radical (unpaired) electrons. The van der Waals surface area contributed by atoms with Crippen LogP contribution in [0.3, 0.4) is 0 Å². The topological polar surface area (TPSA) is 83.6 Å². The fourth-order valence-electron chi connectivity index (χ4n) is 1.29. The van der Waals surface area contributed by atoms with Gasteiger partial charge >= 0.3 is 11.9 Å². The van der Waals surface area contributed by atoms with Crippen LogP contribution in [0.5, 0.6) is 5.88 Å². The highest BCUT2D eigenvalue weighted by atomic mass is 16.6. The zero-order chi connectivity index (χ0) is 13.1. The first-order valence-electron chi connectivity index (χ1n) is 5.00. The van der Waals surface area contributed by atoms with Gasteiger partial charge in [-0.15, -0.1) is 0 Å². The minimum atomic E-state index is -0.667. The highest BCUT2D eigenvalue weighted by Gasteiger charge is 2.18. The summed E-state index contributed by atoms with van der Waals surface area (Å²) in [5.41, 5.74) is 0.0576. The normalized spacial score (nSPS) is 10.1. The smallest absolute Gasteiger partial charge is 0.380 e. The van der Waals surface area contributed by atoms with Crippen LogP contribution in [0.1, 0.15) is 21.0 Å². The molecular weight excluding hydrogens is 240 g/mol. The van der Waals surface area contributed by atoms with E-state index < -0.39 is 11.9 Å². The van der Waals surface area contributed by atoms with Crippen molar-refractivity contribution in [3.05, 3.63) is 35.9 Å². The zero-order valence-electron chi connectivity index (χ0n) is 9.75.